The van der Waals surface area contributed by atoms with Crippen molar-refractivity contribution in [2.75, 3.05) is 0 Å². The maximum atomic E-state index is 10.4. The largest absolute Gasteiger partial charge is 0.481 e. The Morgan fingerprint density at radius 1 is 1.44 bits per heavy atom. The van der Waals surface area contributed by atoms with Crippen molar-refractivity contribution in [1.29, 1.82) is 0 Å². The number of nitro groups is 1. The van der Waals surface area contributed by atoms with Crippen molar-refractivity contribution >= 4 is 11.7 Å². The summed E-state index contributed by atoms with van der Waals surface area (Å²) in [4.78, 5) is 20.3. The molecular weight excluding hydrogens is 210 g/mol. The average molecular weight is 225 g/mol. The van der Waals surface area contributed by atoms with Crippen LogP contribution in [-0.4, -0.2) is 16.0 Å². The molecule has 0 aliphatic heterocycles. The molecule has 0 aliphatic rings. The van der Waals surface area contributed by atoms with E-state index in [4.69, 9.17) is 5.11 Å². The molecule has 0 heterocycles. The zero-order valence-corrected chi connectivity index (χ0v) is 9.56. The van der Waals surface area contributed by atoms with Gasteiger partial charge in [0.15, 0.2) is 0 Å². The smallest absolute Gasteiger partial charge is 0.307 e. The third-order valence-corrected chi connectivity index (χ3v) is 1.88. The minimum absolute atomic E-state index is 0.0170. The zero-order valence-electron chi connectivity index (χ0n) is 9.56. The number of hydrogen-bond donors (Lipinski definition) is 1. The summed E-state index contributed by atoms with van der Waals surface area (Å²) in [5.41, 5.74) is 1.21. The zero-order chi connectivity index (χ0) is 12.7. The van der Waals surface area contributed by atoms with Crippen LogP contribution in [-0.2, 0) is 11.2 Å². The SMILES string of the molecule is CC.Cc1cc([N+](=O)[O-])ccc1CC(=O)O. The van der Waals surface area contributed by atoms with E-state index in [1.54, 1.807) is 6.92 Å². The maximum absolute atomic E-state index is 10.4. The number of hydrogen-bond acceptors (Lipinski definition) is 3. The van der Waals surface area contributed by atoms with Crippen LogP contribution in [0.3, 0.4) is 0 Å². The van der Waals surface area contributed by atoms with Gasteiger partial charge in [-0.05, 0) is 18.1 Å². The molecule has 0 unspecified atom stereocenters. The molecule has 1 aromatic carbocycles. The van der Waals surface area contributed by atoms with E-state index in [9.17, 15) is 14.9 Å². The second-order valence-electron chi connectivity index (χ2n) is 2.94. The third-order valence-electron chi connectivity index (χ3n) is 1.88. The summed E-state index contributed by atoms with van der Waals surface area (Å²) in [6, 6.07) is 4.16. The summed E-state index contributed by atoms with van der Waals surface area (Å²) in [5, 5.41) is 18.9. The Hall–Kier alpha value is -1.91. The standard InChI is InChI=1S/C9H9NO4.C2H6/c1-6-4-8(10(13)14)3-2-7(6)5-9(11)12;1-2/h2-4H,5H2,1H3,(H,11,12);1-2H3. The van der Waals surface area contributed by atoms with Crippen molar-refractivity contribution in [2.24, 2.45) is 0 Å². The monoisotopic (exact) mass is 225 g/mol. The Kier molecular flexibility index (Phi) is 5.77. The molecule has 1 rings (SSSR count). The number of aliphatic carboxylic acids is 1. The van der Waals surface area contributed by atoms with E-state index in [2.05, 4.69) is 0 Å². The fourth-order valence-electron chi connectivity index (χ4n) is 1.15. The minimum atomic E-state index is -0.943. The predicted molar refractivity (Wildman–Crippen MR) is 60.5 cm³/mol. The van der Waals surface area contributed by atoms with Crippen molar-refractivity contribution in [2.45, 2.75) is 27.2 Å². The molecule has 0 saturated carbocycles. The van der Waals surface area contributed by atoms with Gasteiger partial charge >= 0.3 is 5.97 Å². The van der Waals surface area contributed by atoms with Crippen LogP contribution in [0.25, 0.3) is 0 Å². The molecule has 1 aromatic rings. The Balaban J connectivity index is 0.00000106. The van der Waals surface area contributed by atoms with Gasteiger partial charge in [-0.1, -0.05) is 19.9 Å². The van der Waals surface area contributed by atoms with Gasteiger partial charge in [0.05, 0.1) is 11.3 Å². The lowest BCUT2D eigenvalue weighted by Crippen LogP contribution is -2.02. The number of benzene rings is 1. The molecule has 0 bridgehead atoms. The number of rotatable bonds is 3. The fourth-order valence-corrected chi connectivity index (χ4v) is 1.15. The molecular formula is C11H15NO4. The Morgan fingerprint density at radius 2 is 2.00 bits per heavy atom. The van der Waals surface area contributed by atoms with Crippen LogP contribution in [0.4, 0.5) is 5.69 Å². The maximum Gasteiger partial charge on any atom is 0.307 e. The van der Waals surface area contributed by atoms with Crippen molar-refractivity contribution in [3.05, 3.63) is 39.4 Å². The lowest BCUT2D eigenvalue weighted by Gasteiger charge is -2.01. The van der Waals surface area contributed by atoms with E-state index >= 15 is 0 Å². The molecule has 0 spiro atoms. The van der Waals surface area contributed by atoms with Crippen LogP contribution in [0.2, 0.25) is 0 Å². The first-order valence-electron chi connectivity index (χ1n) is 4.96. The molecule has 16 heavy (non-hydrogen) atoms. The summed E-state index contributed by atoms with van der Waals surface area (Å²) in [7, 11) is 0. The number of carboxylic acids is 1. The number of carboxylic acid groups (broad SMARTS) is 1. The number of carbonyl (C=O) groups is 1. The number of aryl methyl sites for hydroxylation is 1. The van der Waals surface area contributed by atoms with Crippen LogP contribution in [0, 0.1) is 17.0 Å². The molecule has 0 saturated heterocycles. The minimum Gasteiger partial charge on any atom is -0.481 e. The van der Waals surface area contributed by atoms with E-state index in [0.29, 0.717) is 11.1 Å². The van der Waals surface area contributed by atoms with Gasteiger partial charge in [0.2, 0.25) is 0 Å². The lowest BCUT2D eigenvalue weighted by atomic mass is 10.1. The highest BCUT2D eigenvalue weighted by Gasteiger charge is 2.09. The molecule has 0 fully saturated rings. The van der Waals surface area contributed by atoms with E-state index in [1.165, 1.54) is 18.2 Å². The first-order chi connectivity index (χ1) is 7.50. The van der Waals surface area contributed by atoms with Crippen LogP contribution in [0.1, 0.15) is 25.0 Å². The number of non-ortho nitro benzene ring substituents is 1. The third kappa shape index (κ3) is 4.08. The normalized spacial score (nSPS) is 8.94. The van der Waals surface area contributed by atoms with Gasteiger partial charge in [-0.2, -0.15) is 0 Å². The van der Waals surface area contributed by atoms with Crippen LogP contribution >= 0.6 is 0 Å². The summed E-state index contributed by atoms with van der Waals surface area (Å²) in [5.74, 6) is -0.943. The van der Waals surface area contributed by atoms with Crippen LogP contribution < -0.4 is 0 Å². The highest BCUT2D eigenvalue weighted by Crippen LogP contribution is 2.17. The molecule has 0 aromatic heterocycles. The molecule has 0 amide bonds. The predicted octanol–water partition coefficient (Wildman–Crippen LogP) is 2.56. The van der Waals surface area contributed by atoms with Gasteiger partial charge in [0.1, 0.15) is 0 Å². The van der Waals surface area contributed by atoms with Gasteiger partial charge < -0.3 is 5.11 Å². The van der Waals surface area contributed by atoms with E-state index in [1.807, 2.05) is 13.8 Å². The molecule has 0 atom stereocenters. The topological polar surface area (TPSA) is 80.4 Å². The van der Waals surface area contributed by atoms with Crippen molar-refractivity contribution < 1.29 is 14.8 Å². The first kappa shape index (κ1) is 14.1. The van der Waals surface area contributed by atoms with Crippen LogP contribution in [0.5, 0.6) is 0 Å². The molecule has 1 N–H and O–H groups in total. The van der Waals surface area contributed by atoms with Crippen LogP contribution in [0.15, 0.2) is 18.2 Å². The second kappa shape index (κ2) is 6.55. The Morgan fingerprint density at radius 3 is 2.38 bits per heavy atom. The highest BCUT2D eigenvalue weighted by molar-refractivity contribution is 5.71. The highest BCUT2D eigenvalue weighted by atomic mass is 16.6. The van der Waals surface area contributed by atoms with Gasteiger partial charge in [0.25, 0.3) is 5.69 Å². The molecule has 5 nitrogen and oxygen atoms in total. The van der Waals surface area contributed by atoms with Crippen molar-refractivity contribution in [3.63, 3.8) is 0 Å². The second-order valence-corrected chi connectivity index (χ2v) is 2.94. The van der Waals surface area contributed by atoms with E-state index < -0.39 is 10.9 Å². The Labute approximate surface area is 93.9 Å². The lowest BCUT2D eigenvalue weighted by molar-refractivity contribution is -0.384. The summed E-state index contributed by atoms with van der Waals surface area (Å²) in [6.07, 6.45) is -0.107. The molecule has 88 valence electrons. The fraction of sp³-hybridized carbons (Fsp3) is 0.364. The van der Waals surface area contributed by atoms with Crippen molar-refractivity contribution in [1.82, 2.24) is 0 Å². The quantitative estimate of drug-likeness (QED) is 0.633. The Bertz CT molecular complexity index is 388. The van der Waals surface area contributed by atoms with E-state index in [-0.39, 0.29) is 12.1 Å². The number of nitrogens with zero attached hydrogens (tertiary/aromatic N) is 1. The average Bonchev–Trinajstić information content (AvgIpc) is 2.23. The molecule has 5 heteroatoms. The summed E-state index contributed by atoms with van der Waals surface area (Å²) < 4.78 is 0. The summed E-state index contributed by atoms with van der Waals surface area (Å²) in [6.45, 7) is 5.66. The molecule has 0 radical (unpaired) electrons. The number of nitro benzene ring substituents is 1. The van der Waals surface area contributed by atoms with Gasteiger partial charge in [0, 0.05) is 12.1 Å². The summed E-state index contributed by atoms with van der Waals surface area (Å²) >= 11 is 0. The van der Waals surface area contributed by atoms with Gasteiger partial charge in [-0.15, -0.1) is 0 Å². The van der Waals surface area contributed by atoms with Crippen molar-refractivity contribution in [3.8, 4) is 0 Å². The van der Waals surface area contributed by atoms with Gasteiger partial charge in [-0.25, -0.2) is 0 Å². The van der Waals surface area contributed by atoms with E-state index in [0.717, 1.165) is 0 Å². The first-order valence-corrected chi connectivity index (χ1v) is 4.96. The molecule has 0 aliphatic carbocycles. The van der Waals surface area contributed by atoms with Gasteiger partial charge in [-0.3, -0.25) is 14.9 Å².